The van der Waals surface area contributed by atoms with E-state index in [0.717, 1.165) is 11.3 Å². The van der Waals surface area contributed by atoms with Gasteiger partial charge in [0, 0.05) is 6.07 Å². The molecule has 0 bridgehead atoms. The minimum atomic E-state index is 0.319. The van der Waals surface area contributed by atoms with Crippen LogP contribution in [-0.4, -0.2) is 19.8 Å². The predicted octanol–water partition coefficient (Wildman–Crippen LogP) is 4.69. The van der Waals surface area contributed by atoms with E-state index in [1.54, 1.807) is 12.1 Å². The van der Waals surface area contributed by atoms with Gasteiger partial charge in [0.1, 0.15) is 19.0 Å². The highest BCUT2D eigenvalue weighted by atomic mass is 35.5. The zero-order valence-corrected chi connectivity index (χ0v) is 14.8. The molecule has 0 aliphatic rings. The molecule has 0 spiro atoms. The Labute approximate surface area is 147 Å². The molecule has 0 saturated heterocycles. The Kier molecular flexibility index (Phi) is 6.34. The van der Waals surface area contributed by atoms with Gasteiger partial charge in [0.25, 0.3) is 0 Å². The SMILES string of the molecule is CCOc1cc(C#N)cc(Cl)c1OCCOc1cccc(C)c1C. The van der Waals surface area contributed by atoms with Gasteiger partial charge in [-0.25, -0.2) is 0 Å². The molecule has 0 amide bonds. The molecule has 0 fully saturated rings. The van der Waals surface area contributed by atoms with Crippen molar-refractivity contribution in [3.05, 3.63) is 52.0 Å². The molecule has 2 aromatic carbocycles. The van der Waals surface area contributed by atoms with Crippen LogP contribution in [0.4, 0.5) is 0 Å². The number of hydrogen-bond acceptors (Lipinski definition) is 4. The number of hydrogen-bond donors (Lipinski definition) is 0. The van der Waals surface area contributed by atoms with E-state index in [9.17, 15) is 0 Å². The first-order valence-corrected chi connectivity index (χ1v) is 8.12. The second-order valence-corrected chi connectivity index (χ2v) is 5.63. The van der Waals surface area contributed by atoms with Crippen molar-refractivity contribution in [3.63, 3.8) is 0 Å². The van der Waals surface area contributed by atoms with Crippen molar-refractivity contribution in [1.29, 1.82) is 5.26 Å². The maximum atomic E-state index is 9.01. The summed E-state index contributed by atoms with van der Waals surface area (Å²) in [6.45, 7) is 7.09. The maximum absolute atomic E-state index is 9.01. The highest BCUT2D eigenvalue weighted by Crippen LogP contribution is 2.36. The average molecular weight is 346 g/mol. The summed E-state index contributed by atoms with van der Waals surface area (Å²) in [7, 11) is 0. The van der Waals surface area contributed by atoms with Crippen molar-refractivity contribution in [2.75, 3.05) is 19.8 Å². The molecule has 0 unspecified atom stereocenters. The topological polar surface area (TPSA) is 51.5 Å². The predicted molar refractivity (Wildman–Crippen MR) is 94.2 cm³/mol. The van der Waals surface area contributed by atoms with E-state index in [0.29, 0.717) is 41.9 Å². The van der Waals surface area contributed by atoms with Gasteiger partial charge in [-0.15, -0.1) is 0 Å². The molecule has 2 rings (SSSR count). The van der Waals surface area contributed by atoms with Gasteiger partial charge in [0.05, 0.1) is 23.3 Å². The molecule has 0 saturated carbocycles. The van der Waals surface area contributed by atoms with Gasteiger partial charge in [-0.2, -0.15) is 5.26 Å². The molecule has 0 atom stereocenters. The first kappa shape index (κ1) is 18.0. The molecule has 0 N–H and O–H groups in total. The quantitative estimate of drug-likeness (QED) is 0.683. The average Bonchev–Trinajstić information content (AvgIpc) is 2.57. The molecule has 5 heteroatoms. The molecule has 126 valence electrons. The molecule has 24 heavy (non-hydrogen) atoms. The first-order chi connectivity index (χ1) is 11.6. The Balaban J connectivity index is 2.01. The second kappa shape index (κ2) is 8.47. The van der Waals surface area contributed by atoms with Crippen molar-refractivity contribution >= 4 is 11.6 Å². The lowest BCUT2D eigenvalue weighted by atomic mass is 10.1. The smallest absolute Gasteiger partial charge is 0.179 e. The fraction of sp³-hybridized carbons (Fsp3) is 0.316. The minimum Gasteiger partial charge on any atom is -0.490 e. The van der Waals surface area contributed by atoms with E-state index >= 15 is 0 Å². The Hall–Kier alpha value is -2.38. The van der Waals surface area contributed by atoms with Gasteiger partial charge in [0.15, 0.2) is 11.5 Å². The number of nitrogens with zero attached hydrogens (tertiary/aromatic N) is 1. The third-order valence-electron chi connectivity index (χ3n) is 3.58. The molecule has 0 heterocycles. The first-order valence-electron chi connectivity index (χ1n) is 7.75. The van der Waals surface area contributed by atoms with E-state index in [1.165, 1.54) is 5.56 Å². The van der Waals surface area contributed by atoms with Crippen molar-refractivity contribution in [2.24, 2.45) is 0 Å². The van der Waals surface area contributed by atoms with E-state index in [-0.39, 0.29) is 0 Å². The van der Waals surface area contributed by atoms with E-state index < -0.39 is 0 Å². The van der Waals surface area contributed by atoms with Gasteiger partial charge in [-0.3, -0.25) is 0 Å². The molecule has 2 aromatic rings. The number of aryl methyl sites for hydroxylation is 1. The summed E-state index contributed by atoms with van der Waals surface area (Å²) in [5, 5.41) is 9.36. The molecular weight excluding hydrogens is 326 g/mol. The van der Waals surface area contributed by atoms with Gasteiger partial charge >= 0.3 is 0 Å². The highest BCUT2D eigenvalue weighted by Gasteiger charge is 2.13. The van der Waals surface area contributed by atoms with Crippen LogP contribution >= 0.6 is 11.6 Å². The maximum Gasteiger partial charge on any atom is 0.179 e. The number of benzene rings is 2. The molecular formula is C19H20ClNO3. The number of rotatable bonds is 7. The molecule has 0 aromatic heterocycles. The van der Waals surface area contributed by atoms with Crippen LogP contribution in [0.25, 0.3) is 0 Å². The lowest BCUT2D eigenvalue weighted by Crippen LogP contribution is -2.11. The fourth-order valence-electron chi connectivity index (χ4n) is 2.21. The van der Waals surface area contributed by atoms with Gasteiger partial charge in [-0.1, -0.05) is 23.7 Å². The van der Waals surface area contributed by atoms with Gasteiger partial charge in [0.2, 0.25) is 0 Å². The van der Waals surface area contributed by atoms with Crippen molar-refractivity contribution in [3.8, 4) is 23.3 Å². The van der Waals surface area contributed by atoms with Crippen molar-refractivity contribution in [1.82, 2.24) is 0 Å². The Morgan fingerprint density at radius 3 is 2.50 bits per heavy atom. The molecule has 4 nitrogen and oxygen atoms in total. The molecule has 0 aliphatic carbocycles. The minimum absolute atomic E-state index is 0.319. The summed E-state index contributed by atoms with van der Waals surface area (Å²) in [4.78, 5) is 0. The van der Waals surface area contributed by atoms with Crippen LogP contribution in [0.5, 0.6) is 17.2 Å². The summed E-state index contributed by atoms with van der Waals surface area (Å²) >= 11 is 6.19. The number of halogens is 1. The normalized spacial score (nSPS) is 10.1. The summed E-state index contributed by atoms with van der Waals surface area (Å²) in [6.07, 6.45) is 0. The number of nitriles is 1. The Bertz CT molecular complexity index is 753. The second-order valence-electron chi connectivity index (χ2n) is 5.23. The standard InChI is InChI=1S/C19H20ClNO3/c1-4-22-18-11-15(12-21)10-16(20)19(18)24-9-8-23-17-7-5-6-13(2)14(17)3/h5-7,10-11H,4,8-9H2,1-3H3. The van der Waals surface area contributed by atoms with Crippen LogP contribution in [0.1, 0.15) is 23.6 Å². The van der Waals surface area contributed by atoms with Crippen LogP contribution in [0.15, 0.2) is 30.3 Å². The monoisotopic (exact) mass is 345 g/mol. The van der Waals surface area contributed by atoms with Crippen LogP contribution in [0.2, 0.25) is 5.02 Å². The number of ether oxygens (including phenoxy) is 3. The Morgan fingerprint density at radius 2 is 1.79 bits per heavy atom. The van der Waals surface area contributed by atoms with E-state index in [1.807, 2.05) is 45.0 Å². The van der Waals surface area contributed by atoms with Gasteiger partial charge in [-0.05, 0) is 44.0 Å². The lowest BCUT2D eigenvalue weighted by molar-refractivity contribution is 0.207. The van der Waals surface area contributed by atoms with Crippen LogP contribution in [0, 0.1) is 25.2 Å². The van der Waals surface area contributed by atoms with Crippen LogP contribution in [-0.2, 0) is 0 Å². The zero-order chi connectivity index (χ0) is 17.5. The van der Waals surface area contributed by atoms with Gasteiger partial charge < -0.3 is 14.2 Å². The van der Waals surface area contributed by atoms with Crippen LogP contribution in [0.3, 0.4) is 0 Å². The fourth-order valence-corrected chi connectivity index (χ4v) is 2.48. The van der Waals surface area contributed by atoms with E-state index in [4.69, 9.17) is 31.1 Å². The summed E-state index contributed by atoms with van der Waals surface area (Å²) in [5.74, 6) is 1.74. The summed E-state index contributed by atoms with van der Waals surface area (Å²) < 4.78 is 17.0. The summed E-state index contributed by atoms with van der Waals surface area (Å²) in [6, 6.07) is 11.2. The largest absolute Gasteiger partial charge is 0.490 e. The third-order valence-corrected chi connectivity index (χ3v) is 3.86. The summed E-state index contributed by atoms with van der Waals surface area (Å²) in [5.41, 5.74) is 2.73. The zero-order valence-electron chi connectivity index (χ0n) is 14.1. The van der Waals surface area contributed by atoms with E-state index in [2.05, 4.69) is 0 Å². The molecule has 0 radical (unpaired) electrons. The van der Waals surface area contributed by atoms with Crippen molar-refractivity contribution in [2.45, 2.75) is 20.8 Å². The lowest BCUT2D eigenvalue weighted by Gasteiger charge is -2.15. The van der Waals surface area contributed by atoms with Crippen molar-refractivity contribution < 1.29 is 14.2 Å². The Morgan fingerprint density at radius 1 is 1.04 bits per heavy atom. The third kappa shape index (κ3) is 4.33. The molecule has 0 aliphatic heterocycles. The van der Waals surface area contributed by atoms with Crippen LogP contribution < -0.4 is 14.2 Å². The highest BCUT2D eigenvalue weighted by molar-refractivity contribution is 6.32.